The molecule has 2 aromatic rings. The van der Waals surface area contributed by atoms with E-state index in [1.807, 2.05) is 0 Å². The van der Waals surface area contributed by atoms with Gasteiger partial charge < -0.3 is 19.7 Å². The van der Waals surface area contributed by atoms with Crippen molar-refractivity contribution in [2.75, 3.05) is 12.4 Å². The molecule has 0 bridgehead atoms. The molecule has 0 radical (unpaired) electrons. The predicted octanol–water partition coefficient (Wildman–Crippen LogP) is 1.74. The van der Waals surface area contributed by atoms with Gasteiger partial charge in [-0.05, 0) is 25.1 Å². The number of rotatable bonds is 4. The average Bonchev–Trinajstić information content (AvgIpc) is 2.85. The number of aliphatic hydroxyl groups excluding tert-OH is 1. The van der Waals surface area contributed by atoms with Crippen LogP contribution in [0.4, 0.5) is 5.69 Å². The van der Waals surface area contributed by atoms with Crippen LogP contribution in [0.25, 0.3) is 0 Å². The van der Waals surface area contributed by atoms with E-state index < -0.39 is 5.91 Å². The molecule has 19 heavy (non-hydrogen) atoms. The predicted molar refractivity (Wildman–Crippen MR) is 68.1 cm³/mol. The van der Waals surface area contributed by atoms with Gasteiger partial charge in [0.05, 0.1) is 19.4 Å². The minimum Gasteiger partial charge on any atom is -0.496 e. The lowest BCUT2D eigenvalue weighted by molar-refractivity contribution is 0.0988. The maximum absolute atomic E-state index is 11.8. The number of anilines is 1. The molecule has 1 aromatic carbocycles. The Labute approximate surface area is 110 Å². The monoisotopic (exact) mass is 262 g/mol. The van der Waals surface area contributed by atoms with E-state index in [0.29, 0.717) is 22.7 Å². The van der Waals surface area contributed by atoms with Gasteiger partial charge in [-0.15, -0.1) is 0 Å². The third-order valence-corrected chi connectivity index (χ3v) is 2.56. The number of aryl methyl sites for hydroxylation is 1. The number of hydrogen-bond acceptors (Lipinski definition) is 5. The molecule has 0 aliphatic rings. The first-order chi connectivity index (χ1) is 9.13. The lowest BCUT2D eigenvalue weighted by atomic mass is 10.2. The molecule has 0 aliphatic heterocycles. The van der Waals surface area contributed by atoms with Gasteiger partial charge in [0.15, 0.2) is 0 Å². The minimum absolute atomic E-state index is 0.138. The van der Waals surface area contributed by atoms with E-state index in [-0.39, 0.29) is 12.4 Å². The number of carbonyl (C=O) groups excluding carboxylic acids is 1. The van der Waals surface area contributed by atoms with E-state index in [9.17, 15) is 9.90 Å². The Hall–Kier alpha value is -2.34. The standard InChI is InChI=1S/C13H14N2O4/c1-8-5-12(19-15-8)13(17)14-10-3-4-11(18-2)9(6-10)7-16/h3-6,16H,7H2,1-2H3,(H,14,17). The number of aromatic nitrogens is 1. The molecule has 2 N–H and O–H groups in total. The fourth-order valence-corrected chi connectivity index (χ4v) is 1.64. The van der Waals surface area contributed by atoms with Crippen LogP contribution in [0.2, 0.25) is 0 Å². The summed E-state index contributed by atoms with van der Waals surface area (Å²) in [5.41, 5.74) is 1.77. The molecule has 0 spiro atoms. The summed E-state index contributed by atoms with van der Waals surface area (Å²) in [6, 6.07) is 6.54. The molecule has 1 heterocycles. The van der Waals surface area contributed by atoms with Gasteiger partial charge in [0, 0.05) is 17.3 Å². The summed E-state index contributed by atoms with van der Waals surface area (Å²) in [5.74, 6) is 0.310. The van der Waals surface area contributed by atoms with E-state index >= 15 is 0 Å². The number of hydrogen-bond donors (Lipinski definition) is 2. The number of nitrogens with zero attached hydrogens (tertiary/aromatic N) is 1. The van der Waals surface area contributed by atoms with Gasteiger partial charge in [-0.2, -0.15) is 0 Å². The Morgan fingerprint density at radius 1 is 1.47 bits per heavy atom. The molecule has 0 aliphatic carbocycles. The summed E-state index contributed by atoms with van der Waals surface area (Å²) in [6.45, 7) is 1.56. The molecule has 100 valence electrons. The van der Waals surface area contributed by atoms with Crippen molar-refractivity contribution in [2.24, 2.45) is 0 Å². The van der Waals surface area contributed by atoms with Crippen molar-refractivity contribution in [1.82, 2.24) is 5.16 Å². The van der Waals surface area contributed by atoms with Crippen molar-refractivity contribution in [3.63, 3.8) is 0 Å². The number of benzene rings is 1. The molecule has 0 atom stereocenters. The summed E-state index contributed by atoms with van der Waals surface area (Å²) >= 11 is 0. The highest BCUT2D eigenvalue weighted by Gasteiger charge is 2.12. The molecular weight excluding hydrogens is 248 g/mol. The average molecular weight is 262 g/mol. The van der Waals surface area contributed by atoms with Crippen LogP contribution >= 0.6 is 0 Å². The van der Waals surface area contributed by atoms with Crippen LogP contribution in [-0.2, 0) is 6.61 Å². The van der Waals surface area contributed by atoms with E-state index in [4.69, 9.17) is 9.26 Å². The molecule has 1 aromatic heterocycles. The summed E-state index contributed by atoms with van der Waals surface area (Å²) < 4.78 is 9.95. The normalized spacial score (nSPS) is 10.3. The summed E-state index contributed by atoms with van der Waals surface area (Å²) in [4.78, 5) is 11.8. The van der Waals surface area contributed by atoms with Crippen LogP contribution in [0.3, 0.4) is 0 Å². The van der Waals surface area contributed by atoms with Crippen LogP contribution in [0.1, 0.15) is 21.8 Å². The van der Waals surface area contributed by atoms with Gasteiger partial charge in [-0.3, -0.25) is 4.79 Å². The highest BCUT2D eigenvalue weighted by Crippen LogP contribution is 2.23. The van der Waals surface area contributed by atoms with Gasteiger partial charge >= 0.3 is 0 Å². The zero-order valence-corrected chi connectivity index (χ0v) is 10.6. The summed E-state index contributed by atoms with van der Waals surface area (Å²) in [7, 11) is 1.52. The summed E-state index contributed by atoms with van der Waals surface area (Å²) in [5, 5.41) is 15.5. The molecule has 2 rings (SSSR count). The van der Waals surface area contributed by atoms with Crippen LogP contribution in [0, 0.1) is 6.92 Å². The number of methoxy groups -OCH3 is 1. The van der Waals surface area contributed by atoms with E-state index in [1.54, 1.807) is 31.2 Å². The van der Waals surface area contributed by atoms with Crippen LogP contribution in [0.15, 0.2) is 28.8 Å². The molecule has 6 nitrogen and oxygen atoms in total. The number of ether oxygens (including phenoxy) is 1. The number of carbonyl (C=O) groups is 1. The van der Waals surface area contributed by atoms with Crippen molar-refractivity contribution in [2.45, 2.75) is 13.5 Å². The first-order valence-corrected chi connectivity index (χ1v) is 5.66. The Morgan fingerprint density at radius 2 is 2.26 bits per heavy atom. The maximum atomic E-state index is 11.8. The van der Waals surface area contributed by atoms with Crippen LogP contribution < -0.4 is 10.1 Å². The number of amides is 1. The molecule has 0 saturated carbocycles. The van der Waals surface area contributed by atoms with Crippen LogP contribution in [0.5, 0.6) is 5.75 Å². The Bertz CT molecular complexity index is 592. The second kappa shape index (κ2) is 5.53. The van der Waals surface area contributed by atoms with E-state index in [0.717, 1.165) is 0 Å². The molecule has 0 saturated heterocycles. The van der Waals surface area contributed by atoms with Crippen molar-refractivity contribution in [3.8, 4) is 5.75 Å². The number of nitrogens with one attached hydrogen (secondary N) is 1. The SMILES string of the molecule is COc1ccc(NC(=O)c2cc(C)no2)cc1CO. The first-order valence-electron chi connectivity index (χ1n) is 5.66. The van der Waals surface area contributed by atoms with Gasteiger partial charge in [0.2, 0.25) is 5.76 Å². The van der Waals surface area contributed by atoms with Crippen molar-refractivity contribution < 1.29 is 19.2 Å². The second-order valence-corrected chi connectivity index (χ2v) is 3.97. The minimum atomic E-state index is -0.394. The molecule has 0 fully saturated rings. The van der Waals surface area contributed by atoms with Gasteiger partial charge in [0.1, 0.15) is 5.75 Å². The van der Waals surface area contributed by atoms with Gasteiger partial charge in [-0.1, -0.05) is 5.16 Å². The largest absolute Gasteiger partial charge is 0.496 e. The Balaban J connectivity index is 2.17. The first kappa shape index (κ1) is 13.1. The molecule has 1 amide bonds. The highest BCUT2D eigenvalue weighted by atomic mass is 16.5. The number of aliphatic hydroxyl groups is 1. The fourth-order valence-electron chi connectivity index (χ4n) is 1.64. The van der Waals surface area contributed by atoms with E-state index in [1.165, 1.54) is 7.11 Å². The topological polar surface area (TPSA) is 84.6 Å². The Kier molecular flexibility index (Phi) is 3.82. The molecule has 6 heteroatoms. The fraction of sp³-hybridized carbons (Fsp3) is 0.231. The third-order valence-electron chi connectivity index (χ3n) is 2.56. The quantitative estimate of drug-likeness (QED) is 0.876. The van der Waals surface area contributed by atoms with Crippen molar-refractivity contribution >= 4 is 11.6 Å². The van der Waals surface area contributed by atoms with Crippen molar-refractivity contribution in [3.05, 3.63) is 41.3 Å². The van der Waals surface area contributed by atoms with Gasteiger partial charge in [-0.25, -0.2) is 0 Å². The molecule has 0 unspecified atom stereocenters. The van der Waals surface area contributed by atoms with Crippen LogP contribution in [-0.4, -0.2) is 23.3 Å². The highest BCUT2D eigenvalue weighted by molar-refractivity contribution is 6.02. The smallest absolute Gasteiger partial charge is 0.294 e. The zero-order chi connectivity index (χ0) is 13.8. The molecular formula is C13H14N2O4. The van der Waals surface area contributed by atoms with E-state index in [2.05, 4.69) is 10.5 Å². The maximum Gasteiger partial charge on any atom is 0.294 e. The lowest BCUT2D eigenvalue weighted by Crippen LogP contribution is -2.11. The third kappa shape index (κ3) is 2.92. The lowest BCUT2D eigenvalue weighted by Gasteiger charge is -2.09. The van der Waals surface area contributed by atoms with Crippen molar-refractivity contribution in [1.29, 1.82) is 0 Å². The zero-order valence-electron chi connectivity index (χ0n) is 10.6. The Morgan fingerprint density at radius 3 is 2.84 bits per heavy atom. The van der Waals surface area contributed by atoms with Gasteiger partial charge in [0.25, 0.3) is 5.91 Å². The second-order valence-electron chi connectivity index (χ2n) is 3.97. The summed E-state index contributed by atoms with van der Waals surface area (Å²) in [6.07, 6.45) is 0.